The van der Waals surface area contributed by atoms with E-state index in [0.717, 1.165) is 37.8 Å². The van der Waals surface area contributed by atoms with Gasteiger partial charge in [-0.05, 0) is 37.8 Å². The Bertz CT molecular complexity index is 315. The van der Waals surface area contributed by atoms with Crippen LogP contribution < -0.4 is 5.32 Å². The minimum Gasteiger partial charge on any atom is -0.385 e. The first-order valence-electron chi connectivity index (χ1n) is 6.26. The van der Waals surface area contributed by atoms with Crippen molar-refractivity contribution in [3.05, 3.63) is 35.9 Å². The zero-order valence-corrected chi connectivity index (χ0v) is 9.95. The van der Waals surface area contributed by atoms with Crippen molar-refractivity contribution in [3.8, 4) is 0 Å². The average Bonchev–Trinajstić information content (AvgIpc) is 2.34. The third kappa shape index (κ3) is 2.45. The molecule has 0 heterocycles. The second-order valence-electron chi connectivity index (χ2n) is 4.73. The van der Waals surface area contributed by atoms with E-state index in [9.17, 15) is 5.11 Å². The normalized spacial score (nSPS) is 30.2. The molecule has 0 amide bonds. The van der Waals surface area contributed by atoms with Crippen molar-refractivity contribution >= 4 is 0 Å². The van der Waals surface area contributed by atoms with Crippen LogP contribution >= 0.6 is 0 Å². The molecule has 0 unspecified atom stereocenters. The van der Waals surface area contributed by atoms with Crippen molar-refractivity contribution in [3.63, 3.8) is 0 Å². The molecule has 88 valence electrons. The van der Waals surface area contributed by atoms with E-state index in [1.807, 2.05) is 30.3 Å². The summed E-state index contributed by atoms with van der Waals surface area (Å²) in [6.07, 6.45) is 3.88. The minimum absolute atomic E-state index is 0.590. The molecule has 0 atom stereocenters. The molecule has 16 heavy (non-hydrogen) atoms. The maximum atomic E-state index is 10.6. The van der Waals surface area contributed by atoms with E-state index < -0.39 is 5.60 Å². The lowest BCUT2D eigenvalue weighted by atomic mass is 9.78. The maximum Gasteiger partial charge on any atom is 0.0897 e. The van der Waals surface area contributed by atoms with Crippen molar-refractivity contribution in [1.29, 1.82) is 0 Å². The highest BCUT2D eigenvalue weighted by Gasteiger charge is 2.34. The third-order valence-electron chi connectivity index (χ3n) is 3.62. The van der Waals surface area contributed by atoms with Crippen LogP contribution in [-0.2, 0) is 5.60 Å². The predicted molar refractivity (Wildman–Crippen MR) is 66.3 cm³/mol. The molecule has 2 nitrogen and oxygen atoms in total. The van der Waals surface area contributed by atoms with Gasteiger partial charge in [0.05, 0.1) is 5.60 Å². The molecule has 0 spiro atoms. The highest BCUT2D eigenvalue weighted by Crippen LogP contribution is 2.36. The van der Waals surface area contributed by atoms with E-state index in [1.54, 1.807) is 0 Å². The van der Waals surface area contributed by atoms with E-state index >= 15 is 0 Å². The van der Waals surface area contributed by atoms with Crippen molar-refractivity contribution in [2.24, 2.45) is 0 Å². The molecule has 2 rings (SSSR count). The average molecular weight is 219 g/mol. The summed E-state index contributed by atoms with van der Waals surface area (Å²) in [6, 6.07) is 10.7. The van der Waals surface area contributed by atoms with E-state index in [4.69, 9.17) is 0 Å². The fourth-order valence-corrected chi connectivity index (χ4v) is 2.63. The summed E-state index contributed by atoms with van der Waals surface area (Å²) < 4.78 is 0. The molecular formula is C14H21NO. The van der Waals surface area contributed by atoms with Gasteiger partial charge in [0.15, 0.2) is 0 Å². The molecule has 1 aromatic carbocycles. The van der Waals surface area contributed by atoms with Gasteiger partial charge in [0, 0.05) is 6.04 Å². The van der Waals surface area contributed by atoms with Gasteiger partial charge in [-0.25, -0.2) is 0 Å². The lowest BCUT2D eigenvalue weighted by Crippen LogP contribution is -2.39. The first-order chi connectivity index (χ1) is 7.74. The van der Waals surface area contributed by atoms with E-state index in [0.29, 0.717) is 6.04 Å². The van der Waals surface area contributed by atoms with E-state index in [1.165, 1.54) is 0 Å². The Morgan fingerprint density at radius 3 is 2.44 bits per heavy atom. The Morgan fingerprint density at radius 2 is 1.88 bits per heavy atom. The molecule has 1 aromatic rings. The van der Waals surface area contributed by atoms with Gasteiger partial charge < -0.3 is 10.4 Å². The zero-order valence-electron chi connectivity index (χ0n) is 9.95. The van der Waals surface area contributed by atoms with Crippen molar-refractivity contribution in [2.75, 3.05) is 6.54 Å². The number of rotatable bonds is 3. The molecule has 0 saturated heterocycles. The summed E-state index contributed by atoms with van der Waals surface area (Å²) in [4.78, 5) is 0. The summed E-state index contributed by atoms with van der Waals surface area (Å²) in [5, 5.41) is 14.1. The van der Waals surface area contributed by atoms with Gasteiger partial charge in [0.1, 0.15) is 0 Å². The Morgan fingerprint density at radius 1 is 1.25 bits per heavy atom. The quantitative estimate of drug-likeness (QED) is 0.818. The Balaban J connectivity index is 2.01. The van der Waals surface area contributed by atoms with Crippen molar-refractivity contribution in [1.82, 2.24) is 5.32 Å². The van der Waals surface area contributed by atoms with Crippen molar-refractivity contribution < 1.29 is 5.11 Å². The first kappa shape index (κ1) is 11.6. The smallest absolute Gasteiger partial charge is 0.0897 e. The number of hydrogen-bond acceptors (Lipinski definition) is 2. The molecule has 1 saturated carbocycles. The van der Waals surface area contributed by atoms with Crippen LogP contribution in [0.2, 0.25) is 0 Å². The highest BCUT2D eigenvalue weighted by atomic mass is 16.3. The standard InChI is InChI=1S/C14H21NO/c1-2-15-13-8-10-14(16,11-9-13)12-6-4-3-5-7-12/h3-7,13,15-16H,2,8-11H2,1H3. The SMILES string of the molecule is CCNC1CCC(O)(c2ccccc2)CC1. The van der Waals surface area contributed by atoms with E-state index in [2.05, 4.69) is 12.2 Å². The number of nitrogens with one attached hydrogen (secondary N) is 1. The highest BCUT2D eigenvalue weighted by molar-refractivity contribution is 5.22. The molecule has 0 bridgehead atoms. The Hall–Kier alpha value is -0.860. The zero-order chi connectivity index (χ0) is 11.4. The fraction of sp³-hybridized carbons (Fsp3) is 0.571. The summed E-state index contributed by atoms with van der Waals surface area (Å²) in [6.45, 7) is 3.16. The maximum absolute atomic E-state index is 10.6. The fourth-order valence-electron chi connectivity index (χ4n) is 2.63. The molecule has 1 fully saturated rings. The van der Waals surface area contributed by atoms with Crippen LogP contribution in [0.25, 0.3) is 0 Å². The van der Waals surface area contributed by atoms with Gasteiger partial charge >= 0.3 is 0 Å². The van der Waals surface area contributed by atoms with Crippen LogP contribution in [0.3, 0.4) is 0 Å². The number of hydrogen-bond donors (Lipinski definition) is 2. The van der Waals surface area contributed by atoms with Crippen LogP contribution in [0.4, 0.5) is 0 Å². The van der Waals surface area contributed by atoms with Gasteiger partial charge in [-0.3, -0.25) is 0 Å². The first-order valence-corrected chi connectivity index (χ1v) is 6.26. The number of aliphatic hydroxyl groups is 1. The summed E-state index contributed by atoms with van der Waals surface area (Å²) >= 11 is 0. The topological polar surface area (TPSA) is 32.3 Å². The lowest BCUT2D eigenvalue weighted by Gasteiger charge is -2.36. The molecular weight excluding hydrogens is 198 g/mol. The summed E-state index contributed by atoms with van der Waals surface area (Å²) in [5.41, 5.74) is 0.484. The molecule has 0 radical (unpaired) electrons. The van der Waals surface area contributed by atoms with Gasteiger partial charge in [-0.1, -0.05) is 37.3 Å². The second kappa shape index (κ2) is 4.98. The van der Waals surface area contributed by atoms with Crippen LogP contribution in [-0.4, -0.2) is 17.7 Å². The molecule has 2 N–H and O–H groups in total. The third-order valence-corrected chi connectivity index (χ3v) is 3.62. The van der Waals surface area contributed by atoms with Crippen LogP contribution in [0.15, 0.2) is 30.3 Å². The van der Waals surface area contributed by atoms with Gasteiger partial charge in [0.2, 0.25) is 0 Å². The molecule has 2 heteroatoms. The molecule has 1 aliphatic carbocycles. The van der Waals surface area contributed by atoms with Gasteiger partial charge in [-0.15, -0.1) is 0 Å². The second-order valence-corrected chi connectivity index (χ2v) is 4.73. The molecule has 1 aliphatic rings. The van der Waals surface area contributed by atoms with Gasteiger partial charge in [-0.2, -0.15) is 0 Å². The van der Waals surface area contributed by atoms with E-state index in [-0.39, 0.29) is 0 Å². The van der Waals surface area contributed by atoms with Crippen LogP contribution in [0, 0.1) is 0 Å². The minimum atomic E-state index is -0.590. The predicted octanol–water partition coefficient (Wildman–Crippen LogP) is 2.43. The lowest BCUT2D eigenvalue weighted by molar-refractivity contribution is -0.00814. The molecule has 0 aromatic heterocycles. The molecule has 0 aliphatic heterocycles. The Kier molecular flexibility index (Phi) is 3.62. The van der Waals surface area contributed by atoms with Crippen LogP contribution in [0.1, 0.15) is 38.2 Å². The largest absolute Gasteiger partial charge is 0.385 e. The number of benzene rings is 1. The van der Waals surface area contributed by atoms with Gasteiger partial charge in [0.25, 0.3) is 0 Å². The summed E-state index contributed by atoms with van der Waals surface area (Å²) in [5.74, 6) is 0. The Labute approximate surface area is 97.7 Å². The van der Waals surface area contributed by atoms with Crippen LogP contribution in [0.5, 0.6) is 0 Å². The monoisotopic (exact) mass is 219 g/mol. The summed E-state index contributed by atoms with van der Waals surface area (Å²) in [7, 11) is 0. The van der Waals surface area contributed by atoms with Crippen molar-refractivity contribution in [2.45, 2.75) is 44.2 Å².